The molecule has 0 bridgehead atoms. The Balaban J connectivity index is 2.42. The highest BCUT2D eigenvalue weighted by Gasteiger charge is 2.28. The van der Waals surface area contributed by atoms with Gasteiger partial charge in [-0.05, 0) is 17.2 Å². The molecule has 15 heavy (non-hydrogen) atoms. The van der Waals surface area contributed by atoms with E-state index in [4.69, 9.17) is 5.11 Å². The summed E-state index contributed by atoms with van der Waals surface area (Å²) in [7, 11) is 0. The van der Waals surface area contributed by atoms with Crippen molar-refractivity contribution in [3.05, 3.63) is 39.4 Å². The van der Waals surface area contributed by atoms with Gasteiger partial charge in [0.05, 0.1) is 4.92 Å². The molecule has 0 saturated carbocycles. The largest absolute Gasteiger partial charge is 0.480 e. The Bertz CT molecular complexity index is 444. The van der Waals surface area contributed by atoms with Gasteiger partial charge in [-0.1, -0.05) is 0 Å². The number of nitrogens with one attached hydrogen (secondary N) is 1. The van der Waals surface area contributed by atoms with Gasteiger partial charge in [0, 0.05) is 18.7 Å². The molecule has 1 aromatic carbocycles. The molecule has 78 valence electrons. The van der Waals surface area contributed by atoms with Crippen LogP contribution in [-0.2, 0) is 11.3 Å². The number of nitrogens with zero attached hydrogens (tertiary/aromatic N) is 1. The number of carboxylic acid groups (broad SMARTS) is 1. The van der Waals surface area contributed by atoms with Crippen LogP contribution in [-0.4, -0.2) is 16.0 Å². The molecule has 6 heteroatoms. The first-order chi connectivity index (χ1) is 7.09. The molecular weight excluding hydrogens is 200 g/mol. The van der Waals surface area contributed by atoms with Gasteiger partial charge >= 0.3 is 5.97 Å². The van der Waals surface area contributed by atoms with E-state index in [1.54, 1.807) is 0 Å². The second-order valence-electron chi connectivity index (χ2n) is 3.29. The minimum Gasteiger partial charge on any atom is -0.480 e. The van der Waals surface area contributed by atoms with Crippen LogP contribution in [0.2, 0.25) is 0 Å². The van der Waals surface area contributed by atoms with Gasteiger partial charge in [0.1, 0.15) is 6.04 Å². The molecule has 0 spiro atoms. The van der Waals surface area contributed by atoms with E-state index in [1.807, 2.05) is 0 Å². The number of rotatable bonds is 2. The zero-order valence-corrected chi connectivity index (χ0v) is 7.64. The van der Waals surface area contributed by atoms with Crippen LogP contribution in [0.25, 0.3) is 0 Å². The van der Waals surface area contributed by atoms with E-state index in [0.29, 0.717) is 17.7 Å². The predicted molar refractivity (Wildman–Crippen MR) is 50.3 cm³/mol. The quantitative estimate of drug-likeness (QED) is 0.554. The van der Waals surface area contributed by atoms with Gasteiger partial charge in [0.25, 0.3) is 5.69 Å². The van der Waals surface area contributed by atoms with E-state index in [1.165, 1.54) is 18.2 Å². The van der Waals surface area contributed by atoms with Crippen LogP contribution in [0, 0.1) is 10.1 Å². The number of nitro benzene ring substituents is 1. The molecule has 0 aromatic heterocycles. The second-order valence-corrected chi connectivity index (χ2v) is 3.29. The lowest BCUT2D eigenvalue weighted by Crippen LogP contribution is -2.21. The first-order valence-corrected chi connectivity index (χ1v) is 4.33. The summed E-state index contributed by atoms with van der Waals surface area (Å²) >= 11 is 0. The number of hydrogen-bond donors (Lipinski definition) is 2. The summed E-state index contributed by atoms with van der Waals surface area (Å²) < 4.78 is 0. The minimum absolute atomic E-state index is 0.0124. The average Bonchev–Trinajstić information content (AvgIpc) is 2.59. The molecule has 1 aliphatic rings. The number of carbonyl (C=O) groups is 1. The zero-order chi connectivity index (χ0) is 11.0. The number of carboxylic acids is 1. The van der Waals surface area contributed by atoms with Crippen molar-refractivity contribution in [2.45, 2.75) is 12.6 Å². The third-order valence-electron chi connectivity index (χ3n) is 2.39. The molecule has 0 radical (unpaired) electrons. The Kier molecular flexibility index (Phi) is 2.12. The van der Waals surface area contributed by atoms with Gasteiger partial charge in [-0.2, -0.15) is 0 Å². The van der Waals surface area contributed by atoms with Crippen molar-refractivity contribution in [3.63, 3.8) is 0 Å². The highest BCUT2D eigenvalue weighted by molar-refractivity contribution is 5.77. The van der Waals surface area contributed by atoms with Gasteiger partial charge in [-0.15, -0.1) is 0 Å². The summed E-state index contributed by atoms with van der Waals surface area (Å²) in [5.74, 6) is -0.970. The van der Waals surface area contributed by atoms with E-state index >= 15 is 0 Å². The topological polar surface area (TPSA) is 92.5 Å². The third kappa shape index (κ3) is 1.55. The summed E-state index contributed by atoms with van der Waals surface area (Å²) in [5.41, 5.74) is 1.27. The van der Waals surface area contributed by atoms with Crippen molar-refractivity contribution >= 4 is 11.7 Å². The number of hydrogen-bond acceptors (Lipinski definition) is 4. The molecule has 0 saturated heterocycles. The van der Waals surface area contributed by atoms with E-state index in [9.17, 15) is 14.9 Å². The fourth-order valence-electron chi connectivity index (χ4n) is 1.68. The zero-order valence-electron chi connectivity index (χ0n) is 7.64. The van der Waals surface area contributed by atoms with Crippen LogP contribution in [0.5, 0.6) is 0 Å². The lowest BCUT2D eigenvalue weighted by atomic mass is 10.0. The standard InChI is InChI=1S/C9H8N2O4/c12-9(13)8-7-2-1-6(11(14)15)3-5(7)4-10-8/h1-3,8,10H,4H2,(H,12,13). The van der Waals surface area contributed by atoms with Crippen LogP contribution in [0.1, 0.15) is 17.2 Å². The normalized spacial score (nSPS) is 18.5. The average molecular weight is 208 g/mol. The fraction of sp³-hybridized carbons (Fsp3) is 0.222. The molecule has 1 unspecified atom stereocenters. The molecular formula is C9H8N2O4. The SMILES string of the molecule is O=C(O)C1NCc2cc([N+](=O)[O-])ccc21. The number of nitro groups is 1. The summed E-state index contributed by atoms with van der Waals surface area (Å²) in [6, 6.07) is 3.47. The minimum atomic E-state index is -0.970. The molecule has 2 rings (SSSR count). The molecule has 6 nitrogen and oxygen atoms in total. The lowest BCUT2D eigenvalue weighted by molar-refractivity contribution is -0.384. The Labute approximate surface area is 84.7 Å². The number of aliphatic carboxylic acids is 1. The van der Waals surface area contributed by atoms with E-state index in [-0.39, 0.29) is 5.69 Å². The fourth-order valence-corrected chi connectivity index (χ4v) is 1.68. The van der Waals surface area contributed by atoms with Crippen molar-refractivity contribution in [3.8, 4) is 0 Å². The molecule has 0 aliphatic carbocycles. The van der Waals surface area contributed by atoms with Crippen LogP contribution in [0.15, 0.2) is 18.2 Å². The molecule has 1 aliphatic heterocycles. The lowest BCUT2D eigenvalue weighted by Gasteiger charge is -2.04. The first-order valence-electron chi connectivity index (χ1n) is 4.33. The van der Waals surface area contributed by atoms with Gasteiger partial charge in [0.2, 0.25) is 0 Å². The van der Waals surface area contributed by atoms with Crippen molar-refractivity contribution in [2.75, 3.05) is 0 Å². The maximum Gasteiger partial charge on any atom is 0.325 e. The van der Waals surface area contributed by atoms with E-state index in [0.717, 1.165) is 0 Å². The number of non-ortho nitro benzene ring substituents is 1. The van der Waals surface area contributed by atoms with Gasteiger partial charge in [-0.25, -0.2) is 0 Å². The van der Waals surface area contributed by atoms with Crippen LogP contribution < -0.4 is 5.32 Å². The van der Waals surface area contributed by atoms with E-state index in [2.05, 4.69) is 5.32 Å². The smallest absolute Gasteiger partial charge is 0.325 e. The second kappa shape index (κ2) is 3.32. The number of benzene rings is 1. The van der Waals surface area contributed by atoms with Crippen LogP contribution in [0.3, 0.4) is 0 Å². The predicted octanol–water partition coefficient (Wildman–Crippen LogP) is 0.824. The first kappa shape index (κ1) is 9.60. The Hall–Kier alpha value is -1.95. The molecule has 1 atom stereocenters. The monoisotopic (exact) mass is 208 g/mol. The molecule has 2 N–H and O–H groups in total. The van der Waals surface area contributed by atoms with Crippen LogP contribution >= 0.6 is 0 Å². The third-order valence-corrected chi connectivity index (χ3v) is 2.39. The van der Waals surface area contributed by atoms with Gasteiger partial charge < -0.3 is 5.11 Å². The summed E-state index contributed by atoms with van der Waals surface area (Å²) in [6.45, 7) is 0.355. The molecule has 1 heterocycles. The van der Waals surface area contributed by atoms with E-state index < -0.39 is 16.9 Å². The van der Waals surface area contributed by atoms with Crippen molar-refractivity contribution < 1.29 is 14.8 Å². The van der Waals surface area contributed by atoms with Crippen molar-refractivity contribution in [2.24, 2.45) is 0 Å². The Morgan fingerprint density at radius 3 is 2.93 bits per heavy atom. The molecule has 0 amide bonds. The summed E-state index contributed by atoms with van der Waals surface area (Å²) in [4.78, 5) is 20.8. The highest BCUT2D eigenvalue weighted by atomic mass is 16.6. The van der Waals surface area contributed by atoms with Crippen molar-refractivity contribution in [1.82, 2.24) is 5.32 Å². The molecule has 1 aromatic rings. The molecule has 0 fully saturated rings. The van der Waals surface area contributed by atoms with Gasteiger partial charge in [0.15, 0.2) is 0 Å². The van der Waals surface area contributed by atoms with Crippen LogP contribution in [0.4, 0.5) is 5.69 Å². The maximum absolute atomic E-state index is 10.8. The highest BCUT2D eigenvalue weighted by Crippen LogP contribution is 2.28. The number of fused-ring (bicyclic) bond motifs is 1. The van der Waals surface area contributed by atoms with Crippen molar-refractivity contribution in [1.29, 1.82) is 0 Å². The Morgan fingerprint density at radius 2 is 2.33 bits per heavy atom. The van der Waals surface area contributed by atoms with Gasteiger partial charge in [-0.3, -0.25) is 20.2 Å². The Morgan fingerprint density at radius 1 is 1.60 bits per heavy atom. The summed E-state index contributed by atoms with van der Waals surface area (Å²) in [5, 5.41) is 22.1. The summed E-state index contributed by atoms with van der Waals surface area (Å²) in [6.07, 6.45) is 0. The maximum atomic E-state index is 10.8.